The van der Waals surface area contributed by atoms with Crippen LogP contribution < -0.4 is 10.6 Å². The molecule has 26 heavy (non-hydrogen) atoms. The number of carbonyl (C=O) groups is 2. The highest BCUT2D eigenvalue weighted by atomic mass is 79.9. The molecular weight excluding hydrogens is 398 g/mol. The topological polar surface area (TPSA) is 86.9 Å². The van der Waals surface area contributed by atoms with Crippen LogP contribution in [0.3, 0.4) is 0 Å². The molecule has 0 spiro atoms. The molecule has 0 radical (unpaired) electrons. The van der Waals surface area contributed by atoms with E-state index in [1.807, 2.05) is 42.5 Å². The van der Waals surface area contributed by atoms with Crippen molar-refractivity contribution in [1.29, 1.82) is 0 Å². The third-order valence-electron chi connectivity index (χ3n) is 4.35. The lowest BCUT2D eigenvalue weighted by Crippen LogP contribution is -2.53. The van der Waals surface area contributed by atoms with Gasteiger partial charge in [0.2, 0.25) is 0 Å². The van der Waals surface area contributed by atoms with Crippen LogP contribution in [0.25, 0.3) is 0 Å². The van der Waals surface area contributed by atoms with Gasteiger partial charge in [-0.3, -0.25) is 9.69 Å². The molecule has 0 aliphatic carbocycles. The summed E-state index contributed by atoms with van der Waals surface area (Å²) in [7, 11) is 0. The standard InChI is InChI=1S/C19H20BrN3O3/c20-15-4-6-17(7-5-15)23-12-14(9-18(24)25)11-22(19(23)26)10-13-2-1-3-16(21)8-13/h1-8,14H,9-12,21H2,(H,24,25). The molecular formula is C19H20BrN3O3. The van der Waals surface area contributed by atoms with Crippen LogP contribution in [0.2, 0.25) is 0 Å². The summed E-state index contributed by atoms with van der Waals surface area (Å²) < 4.78 is 0.921. The van der Waals surface area contributed by atoms with E-state index >= 15 is 0 Å². The molecule has 2 aromatic rings. The predicted molar refractivity (Wildman–Crippen MR) is 104 cm³/mol. The summed E-state index contributed by atoms with van der Waals surface area (Å²) in [5.74, 6) is -1.00. The molecule has 2 amide bonds. The van der Waals surface area contributed by atoms with Crippen LogP contribution in [0.1, 0.15) is 12.0 Å². The first-order chi connectivity index (χ1) is 12.4. The van der Waals surface area contributed by atoms with E-state index in [9.17, 15) is 14.7 Å². The monoisotopic (exact) mass is 417 g/mol. The molecule has 1 aliphatic heterocycles. The molecule has 0 bridgehead atoms. The van der Waals surface area contributed by atoms with Crippen molar-refractivity contribution in [3.63, 3.8) is 0 Å². The number of halogens is 1. The molecule has 0 aromatic heterocycles. The van der Waals surface area contributed by atoms with Crippen LogP contribution in [0.4, 0.5) is 16.2 Å². The number of carbonyl (C=O) groups excluding carboxylic acids is 1. The Hall–Kier alpha value is -2.54. The lowest BCUT2D eigenvalue weighted by Gasteiger charge is -2.40. The summed E-state index contributed by atoms with van der Waals surface area (Å²) in [4.78, 5) is 27.5. The van der Waals surface area contributed by atoms with Gasteiger partial charge in [-0.15, -0.1) is 0 Å². The van der Waals surface area contributed by atoms with Crippen LogP contribution in [0, 0.1) is 5.92 Å². The first kappa shape index (κ1) is 18.3. The van der Waals surface area contributed by atoms with Gasteiger partial charge in [-0.25, -0.2) is 4.79 Å². The van der Waals surface area contributed by atoms with Crippen molar-refractivity contribution in [3.05, 3.63) is 58.6 Å². The van der Waals surface area contributed by atoms with Gasteiger partial charge in [-0.2, -0.15) is 0 Å². The summed E-state index contributed by atoms with van der Waals surface area (Å²) in [6.07, 6.45) is 0.0216. The van der Waals surface area contributed by atoms with Crippen LogP contribution in [-0.2, 0) is 11.3 Å². The Kier molecular flexibility index (Phi) is 5.46. The quantitative estimate of drug-likeness (QED) is 0.727. The Bertz CT molecular complexity index is 810. The van der Waals surface area contributed by atoms with E-state index in [-0.39, 0.29) is 18.4 Å². The minimum absolute atomic E-state index is 0.0216. The summed E-state index contributed by atoms with van der Waals surface area (Å²) in [6.45, 7) is 1.19. The Morgan fingerprint density at radius 1 is 1.19 bits per heavy atom. The van der Waals surface area contributed by atoms with E-state index < -0.39 is 5.97 Å². The fourth-order valence-electron chi connectivity index (χ4n) is 3.21. The maximum atomic E-state index is 13.0. The van der Waals surface area contributed by atoms with Gasteiger partial charge in [-0.1, -0.05) is 28.1 Å². The maximum absolute atomic E-state index is 13.0. The Morgan fingerprint density at radius 2 is 1.92 bits per heavy atom. The van der Waals surface area contributed by atoms with E-state index in [2.05, 4.69) is 15.9 Å². The lowest BCUT2D eigenvalue weighted by atomic mass is 10.0. The molecule has 2 aromatic carbocycles. The van der Waals surface area contributed by atoms with E-state index in [4.69, 9.17) is 5.73 Å². The average Bonchev–Trinajstić information content (AvgIpc) is 2.58. The largest absolute Gasteiger partial charge is 0.481 e. The van der Waals surface area contributed by atoms with Crippen molar-refractivity contribution in [3.8, 4) is 0 Å². The fourth-order valence-corrected chi connectivity index (χ4v) is 3.48. The lowest BCUT2D eigenvalue weighted by molar-refractivity contribution is -0.138. The van der Waals surface area contributed by atoms with E-state index in [1.54, 1.807) is 15.9 Å². The highest BCUT2D eigenvalue weighted by Crippen LogP contribution is 2.27. The zero-order chi connectivity index (χ0) is 18.7. The van der Waals surface area contributed by atoms with Crippen molar-refractivity contribution in [2.45, 2.75) is 13.0 Å². The summed E-state index contributed by atoms with van der Waals surface area (Å²) in [5.41, 5.74) is 8.14. The number of nitrogens with two attached hydrogens (primary N) is 1. The highest BCUT2D eigenvalue weighted by Gasteiger charge is 2.33. The number of hydrogen-bond acceptors (Lipinski definition) is 3. The Morgan fingerprint density at radius 3 is 2.58 bits per heavy atom. The van der Waals surface area contributed by atoms with Gasteiger partial charge in [0.15, 0.2) is 0 Å². The number of amides is 2. The normalized spacial score (nSPS) is 17.4. The van der Waals surface area contributed by atoms with Gasteiger partial charge in [0.25, 0.3) is 0 Å². The summed E-state index contributed by atoms with van der Waals surface area (Å²) >= 11 is 3.39. The van der Waals surface area contributed by atoms with Crippen molar-refractivity contribution in [1.82, 2.24) is 4.90 Å². The molecule has 1 atom stereocenters. The second kappa shape index (κ2) is 7.78. The SMILES string of the molecule is Nc1cccc(CN2CC(CC(=O)O)CN(c3ccc(Br)cc3)C2=O)c1. The number of benzene rings is 2. The van der Waals surface area contributed by atoms with Crippen molar-refractivity contribution < 1.29 is 14.7 Å². The minimum atomic E-state index is -0.857. The van der Waals surface area contributed by atoms with Gasteiger partial charge >= 0.3 is 12.0 Å². The third kappa shape index (κ3) is 4.35. The second-order valence-electron chi connectivity index (χ2n) is 6.46. The van der Waals surface area contributed by atoms with Crippen LogP contribution in [0.5, 0.6) is 0 Å². The summed E-state index contributed by atoms with van der Waals surface area (Å²) in [6, 6.07) is 14.7. The fraction of sp³-hybridized carbons (Fsp3) is 0.263. The first-order valence-electron chi connectivity index (χ1n) is 8.30. The number of nitrogens with zero attached hydrogens (tertiary/aromatic N) is 2. The second-order valence-corrected chi connectivity index (χ2v) is 7.37. The summed E-state index contributed by atoms with van der Waals surface area (Å²) in [5, 5.41) is 9.19. The predicted octanol–water partition coefficient (Wildman–Crippen LogP) is 3.56. The molecule has 1 heterocycles. The number of aliphatic carboxylic acids is 1. The van der Waals surface area contributed by atoms with Gasteiger partial charge in [0, 0.05) is 41.4 Å². The number of carboxylic acid groups (broad SMARTS) is 1. The highest BCUT2D eigenvalue weighted by molar-refractivity contribution is 9.10. The number of nitrogen functional groups attached to an aromatic ring is 1. The molecule has 1 unspecified atom stereocenters. The first-order valence-corrected chi connectivity index (χ1v) is 9.10. The molecule has 7 heteroatoms. The maximum Gasteiger partial charge on any atom is 0.324 e. The number of carboxylic acids is 1. The van der Waals surface area contributed by atoms with Crippen molar-refractivity contribution in [2.24, 2.45) is 5.92 Å². The smallest absolute Gasteiger partial charge is 0.324 e. The zero-order valence-electron chi connectivity index (χ0n) is 14.1. The van der Waals surface area contributed by atoms with Crippen molar-refractivity contribution in [2.75, 3.05) is 23.7 Å². The molecule has 1 fully saturated rings. The minimum Gasteiger partial charge on any atom is -0.481 e. The molecule has 0 saturated carbocycles. The van der Waals surface area contributed by atoms with Gasteiger partial charge < -0.3 is 15.7 Å². The van der Waals surface area contributed by atoms with E-state index in [1.165, 1.54) is 0 Å². The third-order valence-corrected chi connectivity index (χ3v) is 4.88. The molecule has 3 rings (SSSR count). The molecule has 136 valence electrons. The van der Waals surface area contributed by atoms with Gasteiger partial charge in [0.05, 0.1) is 6.42 Å². The number of anilines is 2. The molecule has 1 aliphatic rings. The Balaban J connectivity index is 1.85. The number of urea groups is 1. The van der Waals surface area contributed by atoms with Crippen LogP contribution in [0.15, 0.2) is 53.0 Å². The number of rotatable bonds is 5. The Labute approximate surface area is 160 Å². The van der Waals surface area contributed by atoms with Crippen molar-refractivity contribution >= 4 is 39.3 Å². The zero-order valence-corrected chi connectivity index (χ0v) is 15.7. The molecule has 1 saturated heterocycles. The van der Waals surface area contributed by atoms with E-state index in [0.29, 0.717) is 25.3 Å². The van der Waals surface area contributed by atoms with Gasteiger partial charge in [-0.05, 0) is 42.0 Å². The average molecular weight is 418 g/mol. The van der Waals surface area contributed by atoms with E-state index in [0.717, 1.165) is 15.7 Å². The van der Waals surface area contributed by atoms with Crippen LogP contribution >= 0.6 is 15.9 Å². The molecule has 6 nitrogen and oxygen atoms in total. The van der Waals surface area contributed by atoms with Gasteiger partial charge in [0.1, 0.15) is 0 Å². The molecule has 3 N–H and O–H groups in total. The number of hydrogen-bond donors (Lipinski definition) is 2. The van der Waals surface area contributed by atoms with Crippen LogP contribution in [-0.4, -0.2) is 35.1 Å².